The molecule has 6 heteroatoms. The van der Waals surface area contributed by atoms with Crippen molar-refractivity contribution in [1.29, 1.82) is 0 Å². The molecular formula is C45H72O6. The molecule has 51 heavy (non-hydrogen) atoms. The summed E-state index contributed by atoms with van der Waals surface area (Å²) in [6.07, 6.45) is 48.6. The molecule has 1 unspecified atom stereocenters. The van der Waals surface area contributed by atoms with Crippen LogP contribution in [0.3, 0.4) is 0 Å². The monoisotopic (exact) mass is 709 g/mol. The molecule has 0 aliphatic rings. The minimum atomic E-state index is -0.806. The Bertz CT molecular complexity index is 1040. The smallest absolute Gasteiger partial charge is 0.306 e. The molecule has 0 rings (SSSR count). The van der Waals surface area contributed by atoms with Gasteiger partial charge in [-0.3, -0.25) is 14.4 Å². The van der Waals surface area contributed by atoms with Crippen molar-refractivity contribution in [3.63, 3.8) is 0 Å². The molecule has 0 bridgehead atoms. The Balaban J connectivity index is 4.51. The fourth-order valence-corrected chi connectivity index (χ4v) is 4.94. The van der Waals surface area contributed by atoms with Crippen LogP contribution in [-0.2, 0) is 28.6 Å². The van der Waals surface area contributed by atoms with E-state index >= 15 is 0 Å². The number of hydrogen-bond acceptors (Lipinski definition) is 6. The first-order valence-corrected chi connectivity index (χ1v) is 20.1. The van der Waals surface area contributed by atoms with Gasteiger partial charge < -0.3 is 14.2 Å². The third-order valence-corrected chi connectivity index (χ3v) is 7.96. The number of allylic oxidation sites excluding steroid dienone is 14. The van der Waals surface area contributed by atoms with Gasteiger partial charge in [0.1, 0.15) is 13.2 Å². The molecule has 0 aromatic carbocycles. The van der Waals surface area contributed by atoms with Crippen LogP contribution in [0.5, 0.6) is 0 Å². The highest BCUT2D eigenvalue weighted by Crippen LogP contribution is 2.11. The lowest BCUT2D eigenvalue weighted by atomic mass is 10.1. The fraction of sp³-hybridized carbons (Fsp3) is 0.622. The van der Waals surface area contributed by atoms with E-state index in [2.05, 4.69) is 69.4 Å². The number of carbonyl (C=O) groups is 3. The molecule has 1 atom stereocenters. The Hall–Kier alpha value is -3.41. The molecule has 0 aromatic heterocycles. The Kier molecular flexibility index (Phi) is 36.7. The quantitative estimate of drug-likeness (QED) is 0.0218. The minimum absolute atomic E-state index is 0.112. The molecule has 0 saturated carbocycles. The maximum absolute atomic E-state index is 12.6. The average molecular weight is 709 g/mol. The summed E-state index contributed by atoms with van der Waals surface area (Å²) in [6.45, 7) is 6.21. The first-order valence-electron chi connectivity index (χ1n) is 20.1. The highest BCUT2D eigenvalue weighted by Gasteiger charge is 2.19. The van der Waals surface area contributed by atoms with Gasteiger partial charge in [0.15, 0.2) is 6.10 Å². The van der Waals surface area contributed by atoms with Crippen molar-refractivity contribution in [1.82, 2.24) is 0 Å². The van der Waals surface area contributed by atoms with E-state index in [-0.39, 0.29) is 31.1 Å². The van der Waals surface area contributed by atoms with Crippen LogP contribution in [0.15, 0.2) is 85.1 Å². The van der Waals surface area contributed by atoms with E-state index in [1.165, 1.54) is 25.7 Å². The van der Waals surface area contributed by atoms with Gasteiger partial charge >= 0.3 is 17.9 Å². The maximum Gasteiger partial charge on any atom is 0.306 e. The van der Waals surface area contributed by atoms with Crippen molar-refractivity contribution in [3.8, 4) is 0 Å². The maximum atomic E-state index is 12.6. The molecule has 0 heterocycles. The summed E-state index contributed by atoms with van der Waals surface area (Å²) < 4.78 is 16.5. The van der Waals surface area contributed by atoms with E-state index < -0.39 is 6.10 Å². The number of hydrogen-bond donors (Lipinski definition) is 0. The van der Waals surface area contributed by atoms with E-state index in [4.69, 9.17) is 14.2 Å². The summed E-state index contributed by atoms with van der Waals surface area (Å²) in [5.74, 6) is -1.01. The van der Waals surface area contributed by atoms with Gasteiger partial charge in [0.25, 0.3) is 0 Å². The van der Waals surface area contributed by atoms with Crippen LogP contribution in [0.2, 0.25) is 0 Å². The van der Waals surface area contributed by atoms with Gasteiger partial charge in [-0.15, -0.1) is 0 Å². The summed E-state index contributed by atoms with van der Waals surface area (Å²) in [5.41, 5.74) is 0. The van der Waals surface area contributed by atoms with E-state index in [1.54, 1.807) is 0 Å². The molecule has 0 spiro atoms. The summed E-state index contributed by atoms with van der Waals surface area (Å²) in [4.78, 5) is 37.5. The van der Waals surface area contributed by atoms with Gasteiger partial charge in [-0.05, 0) is 83.5 Å². The van der Waals surface area contributed by atoms with Crippen molar-refractivity contribution >= 4 is 17.9 Å². The summed E-state index contributed by atoms with van der Waals surface area (Å²) in [5, 5.41) is 0. The fourth-order valence-electron chi connectivity index (χ4n) is 4.94. The molecule has 6 nitrogen and oxygen atoms in total. The van der Waals surface area contributed by atoms with E-state index in [0.29, 0.717) is 19.3 Å². The Morgan fingerprint density at radius 2 is 0.863 bits per heavy atom. The van der Waals surface area contributed by atoms with Gasteiger partial charge in [-0.1, -0.05) is 144 Å². The van der Waals surface area contributed by atoms with E-state index in [0.717, 1.165) is 96.3 Å². The third-order valence-electron chi connectivity index (χ3n) is 7.96. The first kappa shape index (κ1) is 47.6. The zero-order valence-corrected chi connectivity index (χ0v) is 32.6. The highest BCUT2D eigenvalue weighted by molar-refractivity contribution is 5.71. The van der Waals surface area contributed by atoms with Crippen LogP contribution >= 0.6 is 0 Å². The highest BCUT2D eigenvalue weighted by atomic mass is 16.6. The van der Waals surface area contributed by atoms with Gasteiger partial charge in [0, 0.05) is 19.3 Å². The topological polar surface area (TPSA) is 78.9 Å². The molecule has 0 N–H and O–H groups in total. The van der Waals surface area contributed by atoms with E-state index in [9.17, 15) is 14.4 Å². The lowest BCUT2D eigenvalue weighted by Gasteiger charge is -2.18. The molecule has 0 amide bonds. The zero-order chi connectivity index (χ0) is 37.3. The predicted molar refractivity (Wildman–Crippen MR) is 214 cm³/mol. The molecule has 0 aromatic rings. The summed E-state index contributed by atoms with van der Waals surface area (Å²) in [6, 6.07) is 0. The van der Waals surface area contributed by atoms with Crippen molar-refractivity contribution < 1.29 is 28.6 Å². The SMILES string of the molecule is CC\C=C/C=C\C=C/C=C\CCCCCC(=O)OCC(COC(=O)CCCC/C=C\C/C=C\CC)OC(=O)CCCCCCC/C=C\CCCC. The van der Waals surface area contributed by atoms with Gasteiger partial charge in [-0.25, -0.2) is 0 Å². The Morgan fingerprint density at radius 1 is 0.431 bits per heavy atom. The van der Waals surface area contributed by atoms with Crippen LogP contribution in [0.25, 0.3) is 0 Å². The molecule has 0 radical (unpaired) electrons. The van der Waals surface area contributed by atoms with Crippen LogP contribution in [0, 0.1) is 0 Å². The largest absolute Gasteiger partial charge is 0.462 e. The number of carbonyl (C=O) groups excluding carboxylic acids is 3. The van der Waals surface area contributed by atoms with Crippen molar-refractivity contribution in [3.05, 3.63) is 85.1 Å². The Labute approximate surface area is 312 Å². The van der Waals surface area contributed by atoms with Crippen molar-refractivity contribution in [2.75, 3.05) is 13.2 Å². The van der Waals surface area contributed by atoms with Crippen LogP contribution < -0.4 is 0 Å². The summed E-state index contributed by atoms with van der Waals surface area (Å²) in [7, 11) is 0. The molecule has 0 saturated heterocycles. The van der Waals surface area contributed by atoms with Crippen molar-refractivity contribution in [2.45, 2.75) is 168 Å². The molecule has 0 aliphatic carbocycles. The second-order valence-electron chi connectivity index (χ2n) is 12.9. The molecular weight excluding hydrogens is 636 g/mol. The number of ether oxygens (including phenoxy) is 3. The van der Waals surface area contributed by atoms with Crippen LogP contribution in [0.4, 0.5) is 0 Å². The second kappa shape index (κ2) is 39.4. The third kappa shape index (κ3) is 37.7. The second-order valence-corrected chi connectivity index (χ2v) is 12.9. The summed E-state index contributed by atoms with van der Waals surface area (Å²) >= 11 is 0. The van der Waals surface area contributed by atoms with Gasteiger partial charge in [-0.2, -0.15) is 0 Å². The number of rotatable bonds is 34. The zero-order valence-electron chi connectivity index (χ0n) is 32.6. The molecule has 0 aliphatic heterocycles. The molecule has 288 valence electrons. The lowest BCUT2D eigenvalue weighted by Crippen LogP contribution is -2.30. The van der Waals surface area contributed by atoms with Crippen LogP contribution in [0.1, 0.15) is 162 Å². The Morgan fingerprint density at radius 3 is 1.49 bits per heavy atom. The van der Waals surface area contributed by atoms with Crippen LogP contribution in [-0.4, -0.2) is 37.2 Å². The predicted octanol–water partition coefficient (Wildman–Crippen LogP) is 12.5. The van der Waals surface area contributed by atoms with E-state index in [1.807, 2.05) is 36.5 Å². The molecule has 0 fully saturated rings. The van der Waals surface area contributed by atoms with Gasteiger partial charge in [0.05, 0.1) is 0 Å². The number of esters is 3. The number of unbranched alkanes of at least 4 members (excludes halogenated alkanes) is 12. The van der Waals surface area contributed by atoms with Gasteiger partial charge in [0.2, 0.25) is 0 Å². The lowest BCUT2D eigenvalue weighted by molar-refractivity contribution is -0.167. The standard InChI is InChI=1S/C45H72O6/c1-4-7-10-13-16-19-21-22-24-26-29-32-35-38-44(47)50-41-42(40-49-43(46)37-34-31-28-25-18-15-12-9-6-3)51-45(48)39-36-33-30-27-23-20-17-14-11-8-5-2/h7,9-10,12-14,16-19,21-22,24-25,42H,4-6,8,11,15,20,23,26-41H2,1-3H3/b10-7-,12-9-,16-13-,17-14-,21-19-,24-22-,25-18-. The average Bonchev–Trinajstić information content (AvgIpc) is 3.12. The van der Waals surface area contributed by atoms with Crippen molar-refractivity contribution in [2.24, 2.45) is 0 Å². The normalized spacial score (nSPS) is 12.9. The minimum Gasteiger partial charge on any atom is -0.462 e. The first-order chi connectivity index (χ1) is 25.0.